The summed E-state index contributed by atoms with van der Waals surface area (Å²) in [5.41, 5.74) is 1.70. The highest BCUT2D eigenvalue weighted by atomic mass is 32.2. The normalized spacial score (nSPS) is 15.5. The second kappa shape index (κ2) is 8.77. The maximum absolute atomic E-state index is 12.7. The topological polar surface area (TPSA) is 55.8 Å². The Morgan fingerprint density at radius 2 is 1.67 bits per heavy atom. The van der Waals surface area contributed by atoms with E-state index >= 15 is 0 Å². The van der Waals surface area contributed by atoms with Crippen LogP contribution in [0.1, 0.15) is 25.0 Å². The van der Waals surface area contributed by atoms with Crippen molar-refractivity contribution in [3.05, 3.63) is 64.6 Å². The van der Waals surface area contributed by atoms with Crippen molar-refractivity contribution in [3.8, 4) is 11.5 Å². The number of imide groups is 1. The van der Waals surface area contributed by atoms with Gasteiger partial charge in [0.15, 0.2) is 11.5 Å². The predicted octanol–water partition coefficient (Wildman–Crippen LogP) is 4.72. The van der Waals surface area contributed by atoms with Crippen LogP contribution in [-0.2, 0) is 11.3 Å². The van der Waals surface area contributed by atoms with Crippen LogP contribution in [0.2, 0.25) is 0 Å². The quantitative estimate of drug-likeness (QED) is 0.648. The molecule has 0 unspecified atom stereocenters. The number of thioether (sulfide) groups is 1. The third-order valence-electron chi connectivity index (χ3n) is 3.92. The molecule has 0 bridgehead atoms. The minimum absolute atomic E-state index is 0.258. The summed E-state index contributed by atoms with van der Waals surface area (Å²) in [4.78, 5) is 26.6. The van der Waals surface area contributed by atoms with Crippen molar-refractivity contribution >= 4 is 29.0 Å². The Labute approximate surface area is 163 Å². The summed E-state index contributed by atoms with van der Waals surface area (Å²) < 4.78 is 11.2. The molecule has 2 amide bonds. The molecule has 0 N–H and O–H groups in total. The minimum atomic E-state index is -0.277. The van der Waals surface area contributed by atoms with Crippen LogP contribution in [0.25, 0.3) is 6.08 Å². The zero-order valence-corrected chi connectivity index (χ0v) is 16.1. The third-order valence-corrected chi connectivity index (χ3v) is 4.83. The van der Waals surface area contributed by atoms with E-state index in [4.69, 9.17) is 9.47 Å². The van der Waals surface area contributed by atoms with Gasteiger partial charge < -0.3 is 9.47 Å². The number of amides is 2. The zero-order valence-electron chi connectivity index (χ0n) is 15.3. The molecular weight excluding hydrogens is 362 g/mol. The number of benzene rings is 2. The molecule has 2 aromatic rings. The molecule has 2 aromatic carbocycles. The average molecular weight is 383 g/mol. The van der Waals surface area contributed by atoms with Crippen LogP contribution in [0.5, 0.6) is 11.5 Å². The molecule has 0 atom stereocenters. The first-order chi connectivity index (χ1) is 13.1. The Morgan fingerprint density at radius 3 is 2.37 bits per heavy atom. The maximum Gasteiger partial charge on any atom is 0.293 e. The van der Waals surface area contributed by atoms with Crippen molar-refractivity contribution in [2.75, 3.05) is 13.2 Å². The molecule has 0 spiro atoms. The lowest BCUT2D eigenvalue weighted by Crippen LogP contribution is -2.27. The summed E-state index contributed by atoms with van der Waals surface area (Å²) in [7, 11) is 0. The van der Waals surface area contributed by atoms with Crippen molar-refractivity contribution < 1.29 is 19.1 Å². The fraction of sp³-hybridized carbons (Fsp3) is 0.238. The highest BCUT2D eigenvalue weighted by Crippen LogP contribution is 2.35. The monoisotopic (exact) mass is 383 g/mol. The van der Waals surface area contributed by atoms with Crippen LogP contribution in [-0.4, -0.2) is 29.3 Å². The highest BCUT2D eigenvalue weighted by molar-refractivity contribution is 8.18. The lowest BCUT2D eigenvalue weighted by atomic mass is 10.1. The van der Waals surface area contributed by atoms with Gasteiger partial charge in [0.1, 0.15) is 0 Å². The molecule has 0 saturated carbocycles. The van der Waals surface area contributed by atoms with Gasteiger partial charge in [-0.1, -0.05) is 36.4 Å². The van der Waals surface area contributed by atoms with Crippen LogP contribution >= 0.6 is 11.8 Å². The summed E-state index contributed by atoms with van der Waals surface area (Å²) in [6.07, 6.45) is 1.72. The molecule has 27 heavy (non-hydrogen) atoms. The molecule has 1 fully saturated rings. The summed E-state index contributed by atoms with van der Waals surface area (Å²) in [5, 5.41) is -0.258. The van der Waals surface area contributed by atoms with Crippen LogP contribution in [0.4, 0.5) is 4.79 Å². The van der Waals surface area contributed by atoms with E-state index in [1.807, 2.05) is 62.4 Å². The molecule has 0 aromatic heterocycles. The Kier molecular flexibility index (Phi) is 6.19. The van der Waals surface area contributed by atoms with E-state index in [9.17, 15) is 9.59 Å². The lowest BCUT2D eigenvalue weighted by Gasteiger charge is -2.12. The van der Waals surface area contributed by atoms with Crippen LogP contribution < -0.4 is 9.47 Å². The minimum Gasteiger partial charge on any atom is -0.490 e. The summed E-state index contributed by atoms with van der Waals surface area (Å²) in [6, 6.07) is 15.0. The van der Waals surface area contributed by atoms with Gasteiger partial charge in [0.05, 0.1) is 24.7 Å². The fourth-order valence-corrected chi connectivity index (χ4v) is 3.55. The second-order valence-electron chi connectivity index (χ2n) is 5.83. The van der Waals surface area contributed by atoms with E-state index in [1.165, 1.54) is 4.90 Å². The van der Waals surface area contributed by atoms with Gasteiger partial charge in [-0.3, -0.25) is 14.5 Å². The zero-order chi connectivity index (χ0) is 19.2. The van der Waals surface area contributed by atoms with Gasteiger partial charge in [-0.05, 0) is 54.9 Å². The standard InChI is InChI=1S/C21H21NO4S/c1-3-25-17-11-10-16(12-18(17)26-4-2)13-19-20(23)22(21(24)27-19)14-15-8-6-5-7-9-15/h5-13H,3-4,14H2,1-2H3/b19-13-. The number of carbonyl (C=O) groups excluding carboxylic acids is 2. The molecule has 0 radical (unpaired) electrons. The van der Waals surface area contributed by atoms with E-state index in [-0.39, 0.29) is 17.7 Å². The van der Waals surface area contributed by atoms with Crippen molar-refractivity contribution in [1.82, 2.24) is 4.90 Å². The molecular formula is C21H21NO4S. The first-order valence-electron chi connectivity index (χ1n) is 8.81. The van der Waals surface area contributed by atoms with E-state index in [1.54, 1.807) is 6.08 Å². The lowest BCUT2D eigenvalue weighted by molar-refractivity contribution is -0.123. The number of carbonyl (C=O) groups is 2. The van der Waals surface area contributed by atoms with Crippen molar-refractivity contribution in [3.63, 3.8) is 0 Å². The van der Waals surface area contributed by atoms with E-state index in [2.05, 4.69) is 0 Å². The number of rotatable bonds is 7. The van der Waals surface area contributed by atoms with Crippen LogP contribution in [0, 0.1) is 0 Å². The predicted molar refractivity (Wildman–Crippen MR) is 107 cm³/mol. The molecule has 1 aliphatic rings. The van der Waals surface area contributed by atoms with Gasteiger partial charge in [-0.2, -0.15) is 0 Å². The molecule has 5 nitrogen and oxygen atoms in total. The Hall–Kier alpha value is -2.73. The SMILES string of the molecule is CCOc1ccc(/C=C2\SC(=O)N(Cc3ccccc3)C2=O)cc1OCC. The van der Waals surface area contributed by atoms with Crippen LogP contribution in [0.15, 0.2) is 53.4 Å². The molecule has 3 rings (SSSR count). The second-order valence-corrected chi connectivity index (χ2v) is 6.82. The van der Waals surface area contributed by atoms with E-state index in [0.29, 0.717) is 29.6 Å². The summed E-state index contributed by atoms with van der Waals surface area (Å²) in [6.45, 7) is 5.13. The smallest absolute Gasteiger partial charge is 0.293 e. The van der Waals surface area contributed by atoms with E-state index in [0.717, 1.165) is 22.9 Å². The van der Waals surface area contributed by atoms with Gasteiger partial charge in [0.2, 0.25) is 0 Å². The number of hydrogen-bond acceptors (Lipinski definition) is 5. The Bertz CT molecular complexity index is 864. The largest absolute Gasteiger partial charge is 0.490 e. The van der Waals surface area contributed by atoms with Crippen LogP contribution in [0.3, 0.4) is 0 Å². The van der Waals surface area contributed by atoms with Gasteiger partial charge >= 0.3 is 0 Å². The Morgan fingerprint density at radius 1 is 0.963 bits per heavy atom. The molecule has 0 aliphatic carbocycles. The number of hydrogen-bond donors (Lipinski definition) is 0. The van der Waals surface area contributed by atoms with Crippen molar-refractivity contribution in [1.29, 1.82) is 0 Å². The van der Waals surface area contributed by atoms with Gasteiger partial charge in [0, 0.05) is 0 Å². The number of ether oxygens (including phenoxy) is 2. The first-order valence-corrected chi connectivity index (χ1v) is 9.63. The van der Waals surface area contributed by atoms with Crippen molar-refractivity contribution in [2.24, 2.45) is 0 Å². The molecule has 1 aliphatic heterocycles. The average Bonchev–Trinajstić information content (AvgIpc) is 2.92. The molecule has 1 saturated heterocycles. The molecule has 1 heterocycles. The maximum atomic E-state index is 12.7. The summed E-state index contributed by atoms with van der Waals surface area (Å²) >= 11 is 0.956. The number of nitrogens with zero attached hydrogens (tertiary/aromatic N) is 1. The third kappa shape index (κ3) is 4.52. The molecule has 140 valence electrons. The summed E-state index contributed by atoms with van der Waals surface area (Å²) in [5.74, 6) is 1.01. The van der Waals surface area contributed by atoms with Crippen molar-refractivity contribution in [2.45, 2.75) is 20.4 Å². The Balaban J connectivity index is 1.82. The fourth-order valence-electron chi connectivity index (χ4n) is 2.71. The van der Waals surface area contributed by atoms with Gasteiger partial charge in [-0.15, -0.1) is 0 Å². The first kappa shape index (κ1) is 19.0. The highest BCUT2D eigenvalue weighted by Gasteiger charge is 2.34. The van der Waals surface area contributed by atoms with Gasteiger partial charge in [-0.25, -0.2) is 0 Å². The van der Waals surface area contributed by atoms with Gasteiger partial charge in [0.25, 0.3) is 11.1 Å². The molecule has 6 heteroatoms. The van der Waals surface area contributed by atoms with E-state index < -0.39 is 0 Å².